The average Bonchev–Trinajstić information content (AvgIpc) is 3.11. The highest BCUT2D eigenvalue weighted by atomic mass is 16.3. The Morgan fingerprint density at radius 3 is 2.83 bits per heavy atom. The predicted octanol–water partition coefficient (Wildman–Crippen LogP) is 3.00. The number of aliphatic imine (C=N–C) groups is 1. The number of rotatable bonds is 3. The molecule has 0 spiro atoms. The third-order valence-electron chi connectivity index (χ3n) is 4.91. The number of benzene rings is 1. The van der Waals surface area contributed by atoms with Crippen molar-refractivity contribution in [2.45, 2.75) is 37.8 Å². The van der Waals surface area contributed by atoms with E-state index in [1.165, 1.54) is 5.57 Å². The van der Waals surface area contributed by atoms with E-state index in [0.717, 1.165) is 47.8 Å². The molecule has 124 valence electrons. The van der Waals surface area contributed by atoms with Crippen molar-refractivity contribution < 1.29 is 5.11 Å². The van der Waals surface area contributed by atoms with Gasteiger partial charge in [-0.15, -0.1) is 0 Å². The first-order valence-electron chi connectivity index (χ1n) is 8.55. The van der Waals surface area contributed by atoms with Crippen LogP contribution < -0.4 is 11.1 Å². The molecule has 1 saturated carbocycles. The first kappa shape index (κ1) is 15.1. The highest BCUT2D eigenvalue weighted by Crippen LogP contribution is 2.30. The summed E-state index contributed by atoms with van der Waals surface area (Å²) in [6, 6.07) is 8.18. The van der Waals surface area contributed by atoms with Gasteiger partial charge in [0.05, 0.1) is 24.2 Å². The van der Waals surface area contributed by atoms with E-state index in [2.05, 4.69) is 33.5 Å². The molecule has 2 heterocycles. The van der Waals surface area contributed by atoms with E-state index in [4.69, 9.17) is 5.73 Å². The lowest BCUT2D eigenvalue weighted by Gasteiger charge is -2.29. The van der Waals surface area contributed by atoms with Gasteiger partial charge in [0.25, 0.3) is 0 Å². The molecule has 5 heteroatoms. The van der Waals surface area contributed by atoms with Crippen molar-refractivity contribution in [3.05, 3.63) is 35.9 Å². The van der Waals surface area contributed by atoms with Crippen LogP contribution >= 0.6 is 0 Å². The maximum atomic E-state index is 10.2. The largest absolute Gasteiger partial charge is 0.391 e. The van der Waals surface area contributed by atoms with E-state index >= 15 is 0 Å². The zero-order chi connectivity index (χ0) is 16.5. The van der Waals surface area contributed by atoms with Crippen molar-refractivity contribution in [3.8, 4) is 0 Å². The standard InChI is InChI=1S/C19H22N4O/c20-19-10-17(22-15-3-1-2-4-18(15)24)14-6-5-12(9-16(14)23-19)13-7-8-21-11-13/h5-10,15,18,24H,1-4,11H2,(H3,20,22,23)/t15-,18-/m1/s1. The topological polar surface area (TPSA) is 83.5 Å². The summed E-state index contributed by atoms with van der Waals surface area (Å²) in [5.41, 5.74) is 10.2. The molecule has 4 rings (SSSR count). The van der Waals surface area contributed by atoms with Gasteiger partial charge in [-0.2, -0.15) is 0 Å². The van der Waals surface area contributed by atoms with Crippen LogP contribution in [0.3, 0.4) is 0 Å². The predicted molar refractivity (Wildman–Crippen MR) is 99.4 cm³/mol. The first-order chi connectivity index (χ1) is 11.7. The Morgan fingerprint density at radius 2 is 2.04 bits per heavy atom. The molecule has 24 heavy (non-hydrogen) atoms. The van der Waals surface area contributed by atoms with Crippen LogP contribution in [0.4, 0.5) is 11.5 Å². The molecule has 1 fully saturated rings. The van der Waals surface area contributed by atoms with E-state index in [1.807, 2.05) is 18.4 Å². The Labute approximate surface area is 141 Å². The number of nitrogens with zero attached hydrogens (tertiary/aromatic N) is 2. The highest BCUT2D eigenvalue weighted by molar-refractivity contribution is 5.97. The third-order valence-corrected chi connectivity index (χ3v) is 4.91. The SMILES string of the molecule is Nc1cc(N[C@@H]2CCCC[C@H]2O)c2ccc(C3=CC=NC3)cc2n1. The number of nitrogens with two attached hydrogens (primary N) is 1. The smallest absolute Gasteiger partial charge is 0.126 e. The van der Waals surface area contributed by atoms with Gasteiger partial charge in [-0.1, -0.05) is 25.0 Å². The number of aliphatic hydroxyl groups excluding tert-OH is 1. The van der Waals surface area contributed by atoms with Crippen molar-refractivity contribution in [2.24, 2.45) is 4.99 Å². The summed E-state index contributed by atoms with van der Waals surface area (Å²) >= 11 is 0. The van der Waals surface area contributed by atoms with E-state index < -0.39 is 0 Å². The number of nitrogen functional groups attached to an aromatic ring is 1. The van der Waals surface area contributed by atoms with Crippen molar-refractivity contribution in [3.63, 3.8) is 0 Å². The van der Waals surface area contributed by atoms with Crippen LogP contribution in [0.25, 0.3) is 16.5 Å². The molecule has 1 aromatic heterocycles. The molecule has 0 bridgehead atoms. The van der Waals surface area contributed by atoms with Gasteiger partial charge in [-0.3, -0.25) is 4.99 Å². The minimum absolute atomic E-state index is 0.0781. The van der Waals surface area contributed by atoms with Crippen LogP contribution in [0.15, 0.2) is 35.3 Å². The maximum Gasteiger partial charge on any atom is 0.126 e. The second kappa shape index (κ2) is 6.24. The van der Waals surface area contributed by atoms with Gasteiger partial charge in [0, 0.05) is 23.4 Å². The zero-order valence-corrected chi connectivity index (χ0v) is 13.6. The number of fused-ring (bicyclic) bond motifs is 1. The molecule has 1 aliphatic carbocycles. The Bertz CT molecular complexity index is 827. The molecule has 2 aliphatic rings. The normalized spacial score (nSPS) is 23.5. The summed E-state index contributed by atoms with van der Waals surface area (Å²) in [5.74, 6) is 0.490. The quantitative estimate of drug-likeness (QED) is 0.811. The molecule has 0 amide bonds. The number of hydrogen-bond donors (Lipinski definition) is 3. The van der Waals surface area contributed by atoms with E-state index in [0.29, 0.717) is 12.4 Å². The molecule has 2 aromatic rings. The molecule has 0 unspecified atom stereocenters. The molecule has 4 N–H and O–H groups in total. The van der Waals surface area contributed by atoms with Gasteiger partial charge < -0.3 is 16.2 Å². The molecule has 5 nitrogen and oxygen atoms in total. The number of anilines is 2. The van der Waals surface area contributed by atoms with Gasteiger partial charge in [-0.25, -0.2) is 4.98 Å². The minimum Gasteiger partial charge on any atom is -0.391 e. The lowest BCUT2D eigenvalue weighted by atomic mass is 9.92. The molecule has 2 atom stereocenters. The summed E-state index contributed by atoms with van der Waals surface area (Å²) in [5, 5.41) is 14.8. The Balaban J connectivity index is 1.70. The lowest BCUT2D eigenvalue weighted by Crippen LogP contribution is -2.36. The Morgan fingerprint density at radius 1 is 1.17 bits per heavy atom. The number of hydrogen-bond acceptors (Lipinski definition) is 5. The highest BCUT2D eigenvalue weighted by Gasteiger charge is 2.23. The van der Waals surface area contributed by atoms with Crippen LogP contribution in [0.1, 0.15) is 31.2 Å². The van der Waals surface area contributed by atoms with Gasteiger partial charge in [0.2, 0.25) is 0 Å². The second-order valence-electron chi connectivity index (χ2n) is 6.61. The fourth-order valence-corrected chi connectivity index (χ4v) is 3.58. The third kappa shape index (κ3) is 2.87. The van der Waals surface area contributed by atoms with Gasteiger partial charge in [0.15, 0.2) is 0 Å². The second-order valence-corrected chi connectivity index (χ2v) is 6.61. The fraction of sp³-hybridized carbons (Fsp3) is 0.368. The van der Waals surface area contributed by atoms with Crippen molar-refractivity contribution in [1.29, 1.82) is 0 Å². The van der Waals surface area contributed by atoms with Crippen molar-refractivity contribution in [2.75, 3.05) is 17.6 Å². The van der Waals surface area contributed by atoms with E-state index in [9.17, 15) is 5.11 Å². The molecular weight excluding hydrogens is 300 g/mol. The summed E-state index contributed by atoms with van der Waals surface area (Å²) in [7, 11) is 0. The van der Waals surface area contributed by atoms with Crippen LogP contribution in [0.2, 0.25) is 0 Å². The molecule has 0 saturated heterocycles. The summed E-state index contributed by atoms with van der Waals surface area (Å²) < 4.78 is 0. The average molecular weight is 322 g/mol. The van der Waals surface area contributed by atoms with Gasteiger partial charge >= 0.3 is 0 Å². The Hall–Kier alpha value is -2.40. The number of aliphatic hydroxyl groups is 1. The molecular formula is C19H22N4O. The fourth-order valence-electron chi connectivity index (χ4n) is 3.58. The Kier molecular flexibility index (Phi) is 3.94. The molecule has 1 aliphatic heterocycles. The van der Waals surface area contributed by atoms with Crippen LogP contribution in [-0.4, -0.2) is 35.0 Å². The molecule has 1 aromatic carbocycles. The summed E-state index contributed by atoms with van der Waals surface area (Å²) in [6.45, 7) is 0.715. The van der Waals surface area contributed by atoms with Gasteiger partial charge in [-0.05, 0) is 36.1 Å². The number of aromatic nitrogens is 1. The number of nitrogens with one attached hydrogen (secondary N) is 1. The summed E-state index contributed by atoms with van der Waals surface area (Å²) in [4.78, 5) is 8.73. The van der Waals surface area contributed by atoms with Crippen LogP contribution in [0.5, 0.6) is 0 Å². The first-order valence-corrected chi connectivity index (χ1v) is 8.55. The van der Waals surface area contributed by atoms with E-state index in [-0.39, 0.29) is 12.1 Å². The number of pyridine rings is 1. The minimum atomic E-state index is -0.303. The van der Waals surface area contributed by atoms with Crippen LogP contribution in [-0.2, 0) is 0 Å². The van der Waals surface area contributed by atoms with Crippen molar-refractivity contribution >= 4 is 34.2 Å². The zero-order valence-electron chi connectivity index (χ0n) is 13.6. The monoisotopic (exact) mass is 322 g/mol. The van der Waals surface area contributed by atoms with E-state index in [1.54, 1.807) is 0 Å². The van der Waals surface area contributed by atoms with Crippen molar-refractivity contribution in [1.82, 2.24) is 4.98 Å². The number of allylic oxidation sites excluding steroid dienone is 1. The van der Waals surface area contributed by atoms with Crippen LogP contribution in [0, 0.1) is 0 Å². The summed E-state index contributed by atoms with van der Waals surface area (Å²) in [6.07, 6.45) is 7.64. The maximum absolute atomic E-state index is 10.2. The lowest BCUT2D eigenvalue weighted by molar-refractivity contribution is 0.116. The molecule has 0 radical (unpaired) electrons. The van der Waals surface area contributed by atoms with Gasteiger partial charge in [0.1, 0.15) is 5.82 Å².